The Labute approximate surface area is 117 Å². The molecule has 3 aromatic rings. The molecule has 3 heteroatoms. The van der Waals surface area contributed by atoms with Gasteiger partial charge in [-0.3, -0.25) is 4.98 Å². The Hall–Kier alpha value is -2.06. The second kappa shape index (κ2) is 5.29. The second-order valence-electron chi connectivity index (χ2n) is 4.36. The fourth-order valence-corrected chi connectivity index (χ4v) is 2.18. The summed E-state index contributed by atoms with van der Waals surface area (Å²) in [6, 6.07) is 18.0. The Morgan fingerprint density at radius 1 is 0.947 bits per heavy atom. The quantitative estimate of drug-likeness (QED) is 0.756. The molecular weight excluding hydrogens is 256 g/mol. The van der Waals surface area contributed by atoms with E-state index in [0.717, 1.165) is 28.2 Å². The average molecular weight is 269 g/mol. The predicted molar refractivity (Wildman–Crippen MR) is 80.5 cm³/mol. The van der Waals surface area contributed by atoms with Crippen molar-refractivity contribution < 1.29 is 0 Å². The third-order valence-corrected chi connectivity index (χ3v) is 3.30. The molecule has 2 aromatic carbocycles. The Morgan fingerprint density at radius 2 is 1.74 bits per heavy atom. The van der Waals surface area contributed by atoms with Crippen LogP contribution in [0.4, 0.5) is 5.69 Å². The van der Waals surface area contributed by atoms with E-state index in [2.05, 4.69) is 16.4 Å². The summed E-state index contributed by atoms with van der Waals surface area (Å²) in [5.41, 5.74) is 3.30. The van der Waals surface area contributed by atoms with Crippen molar-refractivity contribution in [3.8, 4) is 0 Å². The van der Waals surface area contributed by atoms with E-state index in [4.69, 9.17) is 11.6 Å². The average Bonchev–Trinajstić information content (AvgIpc) is 2.47. The first kappa shape index (κ1) is 12.0. The molecule has 0 aliphatic carbocycles. The molecule has 0 saturated heterocycles. The minimum absolute atomic E-state index is 0.762. The number of fused-ring (bicyclic) bond motifs is 1. The Balaban J connectivity index is 1.84. The van der Waals surface area contributed by atoms with Crippen LogP contribution in [0, 0.1) is 0 Å². The first-order chi connectivity index (χ1) is 9.33. The van der Waals surface area contributed by atoms with Crippen molar-refractivity contribution in [2.75, 3.05) is 5.32 Å². The zero-order chi connectivity index (χ0) is 13.1. The number of rotatable bonds is 3. The molecule has 0 radical (unpaired) electrons. The summed E-state index contributed by atoms with van der Waals surface area (Å²) in [4.78, 5) is 4.35. The lowest BCUT2D eigenvalue weighted by Gasteiger charge is -2.09. The van der Waals surface area contributed by atoms with Crippen molar-refractivity contribution in [2.45, 2.75) is 6.54 Å². The van der Waals surface area contributed by atoms with Crippen LogP contribution in [0.15, 0.2) is 60.8 Å². The van der Waals surface area contributed by atoms with E-state index in [1.807, 2.05) is 54.7 Å². The van der Waals surface area contributed by atoms with Crippen LogP contribution in [-0.2, 0) is 6.54 Å². The lowest BCUT2D eigenvalue weighted by atomic mass is 10.1. The minimum Gasteiger partial charge on any atom is -0.380 e. The van der Waals surface area contributed by atoms with Crippen LogP contribution in [0.2, 0.25) is 5.02 Å². The van der Waals surface area contributed by atoms with E-state index in [0.29, 0.717) is 0 Å². The largest absolute Gasteiger partial charge is 0.380 e. The molecule has 0 atom stereocenters. The van der Waals surface area contributed by atoms with Gasteiger partial charge in [0.1, 0.15) is 0 Å². The third kappa shape index (κ3) is 2.69. The molecule has 0 aliphatic heterocycles. The number of pyridine rings is 1. The fraction of sp³-hybridized carbons (Fsp3) is 0.0625. The van der Waals surface area contributed by atoms with Crippen molar-refractivity contribution >= 4 is 28.2 Å². The lowest BCUT2D eigenvalue weighted by molar-refractivity contribution is 1.15. The molecule has 1 heterocycles. The summed E-state index contributed by atoms with van der Waals surface area (Å²) in [5, 5.41) is 5.34. The number of nitrogens with zero attached hydrogens (tertiary/aromatic N) is 1. The van der Waals surface area contributed by atoms with Gasteiger partial charge in [0, 0.05) is 28.8 Å². The van der Waals surface area contributed by atoms with Gasteiger partial charge in [-0.2, -0.15) is 0 Å². The third-order valence-electron chi connectivity index (χ3n) is 3.05. The normalized spacial score (nSPS) is 10.6. The van der Waals surface area contributed by atoms with Crippen LogP contribution in [0.25, 0.3) is 10.9 Å². The van der Waals surface area contributed by atoms with Gasteiger partial charge in [0.25, 0.3) is 0 Å². The van der Waals surface area contributed by atoms with Crippen LogP contribution in [-0.4, -0.2) is 4.98 Å². The van der Waals surface area contributed by atoms with E-state index in [-0.39, 0.29) is 0 Å². The topological polar surface area (TPSA) is 24.9 Å². The van der Waals surface area contributed by atoms with Crippen molar-refractivity contribution in [1.82, 2.24) is 4.98 Å². The Morgan fingerprint density at radius 3 is 2.58 bits per heavy atom. The number of benzene rings is 2. The van der Waals surface area contributed by atoms with Crippen molar-refractivity contribution in [1.29, 1.82) is 0 Å². The SMILES string of the molecule is Clc1ccc(CNc2ccnc3ccccc23)cc1. The standard InChI is InChI=1S/C16H13ClN2/c17-13-7-5-12(6-8-13)11-19-16-9-10-18-15-4-2-1-3-14(15)16/h1-10H,11H2,(H,18,19). The van der Waals surface area contributed by atoms with Gasteiger partial charge in [0.15, 0.2) is 0 Å². The highest BCUT2D eigenvalue weighted by atomic mass is 35.5. The van der Waals surface area contributed by atoms with Gasteiger partial charge in [-0.15, -0.1) is 0 Å². The first-order valence-corrected chi connectivity index (χ1v) is 6.53. The number of hydrogen-bond donors (Lipinski definition) is 1. The molecule has 3 rings (SSSR count). The maximum atomic E-state index is 5.88. The molecule has 0 unspecified atom stereocenters. The first-order valence-electron chi connectivity index (χ1n) is 6.15. The number of aromatic nitrogens is 1. The number of para-hydroxylation sites is 1. The van der Waals surface area contributed by atoms with E-state index in [9.17, 15) is 0 Å². The molecule has 1 aromatic heterocycles. The molecule has 19 heavy (non-hydrogen) atoms. The summed E-state index contributed by atoms with van der Waals surface area (Å²) in [5.74, 6) is 0. The Bertz CT molecular complexity index is 687. The predicted octanol–water partition coefficient (Wildman–Crippen LogP) is 4.50. The van der Waals surface area contributed by atoms with Crippen LogP contribution < -0.4 is 5.32 Å². The minimum atomic E-state index is 0.762. The maximum absolute atomic E-state index is 5.88. The molecule has 0 saturated carbocycles. The molecule has 1 N–H and O–H groups in total. The Kier molecular flexibility index (Phi) is 3.34. The van der Waals surface area contributed by atoms with E-state index in [1.165, 1.54) is 5.56 Å². The highest BCUT2D eigenvalue weighted by molar-refractivity contribution is 6.30. The monoisotopic (exact) mass is 268 g/mol. The number of halogens is 1. The smallest absolute Gasteiger partial charge is 0.0722 e. The summed E-state index contributed by atoms with van der Waals surface area (Å²) < 4.78 is 0. The van der Waals surface area contributed by atoms with E-state index < -0.39 is 0 Å². The molecule has 0 bridgehead atoms. The highest BCUT2D eigenvalue weighted by Gasteiger charge is 2.00. The van der Waals surface area contributed by atoms with Crippen LogP contribution in [0.5, 0.6) is 0 Å². The van der Waals surface area contributed by atoms with Crippen molar-refractivity contribution in [2.24, 2.45) is 0 Å². The number of anilines is 1. The lowest BCUT2D eigenvalue weighted by Crippen LogP contribution is -2.00. The van der Waals surface area contributed by atoms with Gasteiger partial charge >= 0.3 is 0 Å². The van der Waals surface area contributed by atoms with Gasteiger partial charge in [-0.05, 0) is 29.8 Å². The molecule has 0 aliphatic rings. The number of hydrogen-bond acceptors (Lipinski definition) is 2. The second-order valence-corrected chi connectivity index (χ2v) is 4.79. The number of nitrogens with one attached hydrogen (secondary N) is 1. The van der Waals surface area contributed by atoms with Crippen molar-refractivity contribution in [3.05, 3.63) is 71.4 Å². The van der Waals surface area contributed by atoms with Gasteiger partial charge in [0.2, 0.25) is 0 Å². The van der Waals surface area contributed by atoms with Gasteiger partial charge in [0.05, 0.1) is 5.52 Å². The summed E-state index contributed by atoms with van der Waals surface area (Å²) in [7, 11) is 0. The summed E-state index contributed by atoms with van der Waals surface area (Å²) in [6.45, 7) is 0.769. The molecule has 0 fully saturated rings. The zero-order valence-electron chi connectivity index (χ0n) is 10.3. The van der Waals surface area contributed by atoms with E-state index in [1.54, 1.807) is 0 Å². The highest BCUT2D eigenvalue weighted by Crippen LogP contribution is 2.21. The zero-order valence-corrected chi connectivity index (χ0v) is 11.1. The van der Waals surface area contributed by atoms with Crippen LogP contribution >= 0.6 is 11.6 Å². The molecule has 0 amide bonds. The van der Waals surface area contributed by atoms with Gasteiger partial charge in [-0.1, -0.05) is 41.9 Å². The van der Waals surface area contributed by atoms with E-state index >= 15 is 0 Å². The molecule has 2 nitrogen and oxygen atoms in total. The van der Waals surface area contributed by atoms with Gasteiger partial charge < -0.3 is 5.32 Å². The fourth-order valence-electron chi connectivity index (χ4n) is 2.05. The maximum Gasteiger partial charge on any atom is 0.0722 e. The summed E-state index contributed by atoms with van der Waals surface area (Å²) >= 11 is 5.88. The van der Waals surface area contributed by atoms with Crippen LogP contribution in [0.3, 0.4) is 0 Å². The molecule has 94 valence electrons. The van der Waals surface area contributed by atoms with Crippen LogP contribution in [0.1, 0.15) is 5.56 Å². The summed E-state index contributed by atoms with van der Waals surface area (Å²) in [6.07, 6.45) is 1.83. The van der Waals surface area contributed by atoms with Crippen molar-refractivity contribution in [3.63, 3.8) is 0 Å². The van der Waals surface area contributed by atoms with Gasteiger partial charge in [-0.25, -0.2) is 0 Å². The molecular formula is C16H13ClN2. The molecule has 0 spiro atoms.